The fourth-order valence-corrected chi connectivity index (χ4v) is 3.71. The van der Waals surface area contributed by atoms with Gasteiger partial charge in [-0.1, -0.05) is 6.07 Å². The van der Waals surface area contributed by atoms with Crippen LogP contribution in [0.1, 0.15) is 41.8 Å². The number of carboxylic acids is 1. The van der Waals surface area contributed by atoms with E-state index in [1.165, 1.54) is 6.20 Å². The van der Waals surface area contributed by atoms with Crippen molar-refractivity contribution in [2.24, 2.45) is 0 Å². The van der Waals surface area contributed by atoms with Gasteiger partial charge in [-0.15, -0.1) is 0 Å². The molecule has 2 N–H and O–H groups in total. The van der Waals surface area contributed by atoms with Gasteiger partial charge < -0.3 is 16.4 Å². The van der Waals surface area contributed by atoms with E-state index in [-0.39, 0.29) is 64.4 Å². The number of benzene rings is 1. The Morgan fingerprint density at radius 3 is 2.61 bits per heavy atom. The maximum Gasteiger partial charge on any atom is 1.00 e. The number of carbonyl (C=O) groups is 1. The van der Waals surface area contributed by atoms with Gasteiger partial charge in [-0.25, -0.2) is 9.78 Å². The maximum atomic E-state index is 12.7. The van der Waals surface area contributed by atoms with Gasteiger partial charge in [0.1, 0.15) is 11.4 Å². The van der Waals surface area contributed by atoms with Crippen LogP contribution in [-0.4, -0.2) is 27.7 Å². The smallest absolute Gasteiger partial charge is 1.00 e. The van der Waals surface area contributed by atoms with E-state index in [4.69, 9.17) is 0 Å². The molecule has 28 heavy (non-hydrogen) atoms. The van der Waals surface area contributed by atoms with Gasteiger partial charge in [0, 0.05) is 36.4 Å². The molecule has 0 atom stereocenters. The summed E-state index contributed by atoms with van der Waals surface area (Å²) >= 11 is 0. The predicted octanol–water partition coefficient (Wildman–Crippen LogP) is 0.872. The number of aromatic carboxylic acids is 1. The molecule has 0 unspecified atom stereocenters. The van der Waals surface area contributed by atoms with E-state index >= 15 is 0 Å². The average Bonchev–Trinajstić information content (AvgIpc) is 3.47. The van der Waals surface area contributed by atoms with Crippen molar-refractivity contribution in [2.45, 2.75) is 32.7 Å². The molecule has 7 heteroatoms. The molecule has 2 aromatic heterocycles. The first-order chi connectivity index (χ1) is 12.9. The Labute approximate surface area is 206 Å². The molecule has 1 aromatic carbocycles. The molecule has 0 amide bonds. The van der Waals surface area contributed by atoms with Crippen molar-refractivity contribution in [3.8, 4) is 11.1 Å². The summed E-state index contributed by atoms with van der Waals surface area (Å²) in [6.45, 7) is 3.98. The van der Waals surface area contributed by atoms with E-state index in [1.54, 1.807) is 6.07 Å². The van der Waals surface area contributed by atoms with Crippen LogP contribution in [0.2, 0.25) is 0 Å². The van der Waals surface area contributed by atoms with E-state index < -0.39 is 11.4 Å². The first-order valence-electron chi connectivity index (χ1n) is 8.99. The number of anilines is 1. The molecule has 140 valence electrons. The topological polar surface area (TPSA) is 84.2 Å². The van der Waals surface area contributed by atoms with Crippen molar-refractivity contribution in [1.82, 2.24) is 9.55 Å². The molecule has 4 rings (SSSR count). The zero-order valence-electron chi connectivity index (χ0n) is 17.5. The third-order valence-corrected chi connectivity index (χ3v) is 5.24. The van der Waals surface area contributed by atoms with Gasteiger partial charge in [-0.3, -0.25) is 4.79 Å². The minimum Gasteiger partial charge on any atom is -1.00 e. The SMILES string of the molecule is CNc1ncc(-c2ccc3c(=O)c(C(=O)O)cn(C4CC4)c3c2C)cc1C.[H-].[K+]. The summed E-state index contributed by atoms with van der Waals surface area (Å²) in [6.07, 6.45) is 5.32. The molecule has 3 aromatic rings. The van der Waals surface area contributed by atoms with Gasteiger partial charge in [0.05, 0.1) is 5.52 Å². The minimum absolute atomic E-state index is 0. The number of aromatic nitrogens is 2. The van der Waals surface area contributed by atoms with Crippen LogP contribution >= 0.6 is 0 Å². The van der Waals surface area contributed by atoms with Gasteiger partial charge in [0.2, 0.25) is 5.43 Å². The molecule has 1 aliphatic carbocycles. The summed E-state index contributed by atoms with van der Waals surface area (Å²) < 4.78 is 1.97. The van der Waals surface area contributed by atoms with Crippen LogP contribution in [0.4, 0.5) is 5.82 Å². The van der Waals surface area contributed by atoms with E-state index in [9.17, 15) is 14.7 Å². The Morgan fingerprint density at radius 1 is 1.32 bits per heavy atom. The van der Waals surface area contributed by atoms with Crippen molar-refractivity contribution in [3.63, 3.8) is 0 Å². The van der Waals surface area contributed by atoms with E-state index in [1.807, 2.05) is 37.7 Å². The van der Waals surface area contributed by atoms with Gasteiger partial charge in [-0.05, 0) is 55.5 Å². The van der Waals surface area contributed by atoms with Crippen molar-refractivity contribution >= 4 is 22.7 Å². The molecular formula is C21H22KN3O3. The van der Waals surface area contributed by atoms with Crippen LogP contribution in [0.15, 0.2) is 35.4 Å². The van der Waals surface area contributed by atoms with E-state index in [0.717, 1.165) is 46.4 Å². The molecule has 0 saturated heterocycles. The number of rotatable bonds is 4. The Bertz CT molecular complexity index is 1160. The summed E-state index contributed by atoms with van der Waals surface area (Å²) in [4.78, 5) is 28.7. The van der Waals surface area contributed by atoms with Crippen molar-refractivity contribution < 1.29 is 62.7 Å². The van der Waals surface area contributed by atoms with Crippen molar-refractivity contribution in [3.05, 3.63) is 57.5 Å². The predicted molar refractivity (Wildman–Crippen MR) is 107 cm³/mol. The van der Waals surface area contributed by atoms with Crippen LogP contribution in [0, 0.1) is 13.8 Å². The minimum atomic E-state index is -1.18. The maximum absolute atomic E-state index is 12.7. The molecule has 1 saturated carbocycles. The third-order valence-electron chi connectivity index (χ3n) is 5.24. The number of nitrogens with one attached hydrogen (secondary N) is 1. The van der Waals surface area contributed by atoms with Crippen molar-refractivity contribution in [1.29, 1.82) is 0 Å². The number of nitrogens with zero attached hydrogens (tertiary/aromatic N) is 2. The van der Waals surface area contributed by atoms with Crippen LogP contribution in [0.25, 0.3) is 22.0 Å². The molecule has 0 aliphatic heterocycles. The fourth-order valence-electron chi connectivity index (χ4n) is 3.71. The second-order valence-corrected chi connectivity index (χ2v) is 7.09. The van der Waals surface area contributed by atoms with Gasteiger partial charge in [0.15, 0.2) is 0 Å². The molecule has 0 spiro atoms. The zero-order chi connectivity index (χ0) is 19.3. The zero-order valence-corrected chi connectivity index (χ0v) is 19.7. The normalized spacial score (nSPS) is 13.2. The second-order valence-electron chi connectivity index (χ2n) is 7.09. The van der Waals surface area contributed by atoms with Crippen LogP contribution in [0.5, 0.6) is 0 Å². The first-order valence-corrected chi connectivity index (χ1v) is 8.99. The quantitative estimate of drug-likeness (QED) is 0.632. The third kappa shape index (κ3) is 3.57. The van der Waals surface area contributed by atoms with Crippen LogP contribution < -0.4 is 62.1 Å². The number of pyridine rings is 2. The summed E-state index contributed by atoms with van der Waals surface area (Å²) in [5.41, 5.74) is 4.20. The Balaban J connectivity index is 0.00000150. The standard InChI is InChI=1S/C21H21N3O3.K.H/c1-11-8-13(9-23-20(11)22-3)15-6-7-16-18(12(15)2)24(14-4-5-14)10-17(19(16)25)21(26)27;;/h6-10,14H,4-5H2,1-3H3,(H,22,23)(H,26,27);;/q;+1;-1. The molecular weight excluding hydrogens is 381 g/mol. The molecule has 6 nitrogen and oxygen atoms in total. The first kappa shape index (κ1) is 21.2. The second kappa shape index (κ2) is 8.08. The van der Waals surface area contributed by atoms with Gasteiger partial charge in [-0.2, -0.15) is 0 Å². The van der Waals surface area contributed by atoms with Crippen LogP contribution in [-0.2, 0) is 0 Å². The largest absolute Gasteiger partial charge is 1.00 e. The fraction of sp³-hybridized carbons (Fsp3) is 0.286. The van der Waals surface area contributed by atoms with Crippen molar-refractivity contribution in [2.75, 3.05) is 12.4 Å². The Hall–Kier alpha value is -1.51. The Kier molecular flexibility index (Phi) is 6.12. The summed E-state index contributed by atoms with van der Waals surface area (Å²) in [5.74, 6) is -0.348. The van der Waals surface area contributed by atoms with Crippen LogP contribution in [0.3, 0.4) is 0 Å². The molecule has 1 aliphatic rings. The number of hydrogen-bond acceptors (Lipinski definition) is 4. The molecule has 1 fully saturated rings. The number of fused-ring (bicyclic) bond motifs is 1. The number of carboxylic acid groups (broad SMARTS) is 1. The number of aryl methyl sites for hydroxylation is 2. The summed E-state index contributed by atoms with van der Waals surface area (Å²) in [6, 6.07) is 5.95. The van der Waals surface area contributed by atoms with E-state index in [2.05, 4.69) is 16.4 Å². The van der Waals surface area contributed by atoms with Gasteiger partial charge in [0.25, 0.3) is 0 Å². The molecule has 0 radical (unpaired) electrons. The molecule has 2 heterocycles. The summed E-state index contributed by atoms with van der Waals surface area (Å²) in [7, 11) is 1.84. The summed E-state index contributed by atoms with van der Waals surface area (Å²) in [5, 5.41) is 12.9. The average molecular weight is 404 g/mol. The Morgan fingerprint density at radius 2 is 2.04 bits per heavy atom. The van der Waals surface area contributed by atoms with E-state index in [0.29, 0.717) is 5.39 Å². The van der Waals surface area contributed by atoms with Gasteiger partial charge >= 0.3 is 57.4 Å². The molecule has 0 bridgehead atoms. The monoisotopic (exact) mass is 403 g/mol. The number of hydrogen-bond donors (Lipinski definition) is 2.